The maximum absolute atomic E-state index is 11.9. The van der Waals surface area contributed by atoms with E-state index in [-0.39, 0.29) is 18.7 Å². The van der Waals surface area contributed by atoms with Crippen molar-refractivity contribution in [2.45, 2.75) is 6.42 Å². The van der Waals surface area contributed by atoms with E-state index in [9.17, 15) is 9.59 Å². The van der Waals surface area contributed by atoms with Crippen LogP contribution >= 0.6 is 0 Å². The van der Waals surface area contributed by atoms with E-state index >= 15 is 0 Å². The molecule has 20 heavy (non-hydrogen) atoms. The molecule has 1 amide bonds. The lowest BCUT2D eigenvalue weighted by molar-refractivity contribution is -0.117. The molecule has 0 aliphatic rings. The maximum Gasteiger partial charge on any atom is 0.292 e. The number of Topliss-reactive ketones (excluding diaryl/α,β-unsaturated/α-hetero) is 1. The minimum atomic E-state index is -0.689. The number of nitrogens with one attached hydrogen (secondary N) is 1. The van der Waals surface area contributed by atoms with Gasteiger partial charge in [-0.25, -0.2) is 4.68 Å². The van der Waals surface area contributed by atoms with Crippen LogP contribution in [0.25, 0.3) is 5.69 Å². The van der Waals surface area contributed by atoms with Crippen LogP contribution in [-0.2, 0) is 4.79 Å². The van der Waals surface area contributed by atoms with E-state index in [1.165, 1.54) is 17.1 Å². The highest BCUT2D eigenvalue weighted by Crippen LogP contribution is 2.08. The third-order valence-electron chi connectivity index (χ3n) is 2.69. The number of aliphatic hydroxyl groups excluding tert-OH is 1. The van der Waals surface area contributed by atoms with Crippen molar-refractivity contribution in [2.24, 2.45) is 0 Å². The zero-order valence-corrected chi connectivity index (χ0v) is 10.8. The maximum atomic E-state index is 11.9. The topological polar surface area (TPSA) is 84.2 Å². The number of amides is 1. The number of aliphatic hydroxyl groups is 1. The number of hydrogen-bond donors (Lipinski definition) is 2. The average Bonchev–Trinajstić information content (AvgIpc) is 2.97. The summed E-state index contributed by atoms with van der Waals surface area (Å²) >= 11 is 0. The first kappa shape index (κ1) is 14.0. The van der Waals surface area contributed by atoms with Crippen molar-refractivity contribution in [3.05, 3.63) is 48.3 Å². The van der Waals surface area contributed by atoms with E-state index in [0.717, 1.165) is 5.69 Å². The molecule has 0 bridgehead atoms. The monoisotopic (exact) mass is 273 g/mol. The standard InChI is InChI=1S/C14H15N3O3/c18-8-4-7-15-14(20)13(19)11-9-16-17(10-11)12-5-2-1-3-6-12/h1-3,5-6,9-10,18H,4,7-8H2,(H,15,20). The number of benzene rings is 1. The molecule has 0 atom stereocenters. The minimum Gasteiger partial charge on any atom is -0.396 e. The molecule has 0 saturated carbocycles. The third-order valence-corrected chi connectivity index (χ3v) is 2.69. The summed E-state index contributed by atoms with van der Waals surface area (Å²) in [7, 11) is 0. The van der Waals surface area contributed by atoms with E-state index in [1.807, 2.05) is 30.3 Å². The molecule has 104 valence electrons. The summed E-state index contributed by atoms with van der Waals surface area (Å²) in [6.45, 7) is 0.244. The molecule has 0 spiro atoms. The minimum absolute atomic E-state index is 0.0274. The van der Waals surface area contributed by atoms with Gasteiger partial charge in [-0.3, -0.25) is 9.59 Å². The van der Waals surface area contributed by atoms with Gasteiger partial charge in [-0.15, -0.1) is 0 Å². The molecule has 6 nitrogen and oxygen atoms in total. The summed E-state index contributed by atoms with van der Waals surface area (Å²) in [6.07, 6.45) is 3.30. The number of aromatic nitrogens is 2. The lowest BCUT2D eigenvalue weighted by Gasteiger charge is -2.01. The van der Waals surface area contributed by atoms with Crippen LogP contribution in [0.1, 0.15) is 16.8 Å². The SMILES string of the molecule is O=C(NCCCO)C(=O)c1cnn(-c2ccccc2)c1. The molecule has 6 heteroatoms. The van der Waals surface area contributed by atoms with Crippen LogP contribution in [0.4, 0.5) is 0 Å². The molecule has 0 saturated heterocycles. The van der Waals surface area contributed by atoms with Gasteiger partial charge < -0.3 is 10.4 Å². The van der Waals surface area contributed by atoms with Crippen LogP contribution in [0.2, 0.25) is 0 Å². The van der Waals surface area contributed by atoms with E-state index in [4.69, 9.17) is 5.11 Å². The van der Waals surface area contributed by atoms with Gasteiger partial charge in [0.2, 0.25) is 0 Å². The number of carbonyl (C=O) groups excluding carboxylic acids is 2. The first-order chi connectivity index (χ1) is 9.72. The van der Waals surface area contributed by atoms with Crippen molar-refractivity contribution in [2.75, 3.05) is 13.2 Å². The molecule has 1 aromatic carbocycles. The fraction of sp³-hybridized carbons (Fsp3) is 0.214. The fourth-order valence-electron chi connectivity index (χ4n) is 1.65. The first-order valence-corrected chi connectivity index (χ1v) is 6.26. The van der Waals surface area contributed by atoms with E-state index in [0.29, 0.717) is 6.42 Å². The summed E-state index contributed by atoms with van der Waals surface area (Å²) in [5, 5.41) is 15.1. The second-order valence-corrected chi connectivity index (χ2v) is 4.17. The summed E-state index contributed by atoms with van der Waals surface area (Å²) in [6, 6.07) is 9.30. The molecule has 0 unspecified atom stereocenters. The van der Waals surface area contributed by atoms with Gasteiger partial charge in [0.15, 0.2) is 0 Å². The first-order valence-electron chi connectivity index (χ1n) is 6.26. The largest absolute Gasteiger partial charge is 0.396 e. The zero-order valence-electron chi connectivity index (χ0n) is 10.8. The Morgan fingerprint density at radius 3 is 2.70 bits per heavy atom. The Hall–Kier alpha value is -2.47. The van der Waals surface area contributed by atoms with Crippen LogP contribution in [0.15, 0.2) is 42.7 Å². The second-order valence-electron chi connectivity index (χ2n) is 4.17. The molecule has 0 aliphatic carbocycles. The van der Waals surface area contributed by atoms with E-state index in [2.05, 4.69) is 10.4 Å². The highest BCUT2D eigenvalue weighted by molar-refractivity contribution is 6.42. The molecule has 1 heterocycles. The number of nitrogens with zero attached hydrogens (tertiary/aromatic N) is 2. The average molecular weight is 273 g/mol. The summed E-state index contributed by atoms with van der Waals surface area (Å²) < 4.78 is 1.54. The van der Waals surface area contributed by atoms with Crippen molar-refractivity contribution in [1.29, 1.82) is 0 Å². The summed E-state index contributed by atoms with van der Waals surface area (Å²) in [5.41, 5.74) is 1.04. The Bertz CT molecular complexity index is 593. The highest BCUT2D eigenvalue weighted by atomic mass is 16.3. The lowest BCUT2D eigenvalue weighted by Crippen LogP contribution is -2.31. The van der Waals surface area contributed by atoms with Crippen molar-refractivity contribution in [3.8, 4) is 5.69 Å². The number of hydrogen-bond acceptors (Lipinski definition) is 4. The molecule has 2 aromatic rings. The molecule has 0 fully saturated rings. The van der Waals surface area contributed by atoms with Crippen LogP contribution in [0, 0.1) is 0 Å². The Kier molecular flexibility index (Phi) is 4.62. The van der Waals surface area contributed by atoms with Gasteiger partial charge in [-0.05, 0) is 18.6 Å². The molecule has 2 rings (SSSR count). The molecular formula is C14H15N3O3. The predicted molar refractivity (Wildman–Crippen MR) is 72.6 cm³/mol. The normalized spacial score (nSPS) is 10.2. The highest BCUT2D eigenvalue weighted by Gasteiger charge is 2.17. The van der Waals surface area contributed by atoms with Gasteiger partial charge >= 0.3 is 0 Å². The quantitative estimate of drug-likeness (QED) is 0.457. The van der Waals surface area contributed by atoms with Gasteiger partial charge in [0.25, 0.3) is 11.7 Å². The van der Waals surface area contributed by atoms with Crippen molar-refractivity contribution < 1.29 is 14.7 Å². The smallest absolute Gasteiger partial charge is 0.292 e. The van der Waals surface area contributed by atoms with E-state index in [1.54, 1.807) is 0 Å². The Labute approximate surface area is 116 Å². The number of rotatable bonds is 6. The number of para-hydroxylation sites is 1. The van der Waals surface area contributed by atoms with Gasteiger partial charge in [0, 0.05) is 19.3 Å². The molecule has 1 aromatic heterocycles. The van der Waals surface area contributed by atoms with Crippen LogP contribution < -0.4 is 5.32 Å². The fourth-order valence-corrected chi connectivity index (χ4v) is 1.65. The molecule has 0 aliphatic heterocycles. The van der Waals surface area contributed by atoms with Crippen molar-refractivity contribution in [3.63, 3.8) is 0 Å². The number of ketones is 1. The summed E-state index contributed by atoms with van der Waals surface area (Å²) in [5.74, 6) is -1.32. The molecule has 2 N–H and O–H groups in total. The number of carbonyl (C=O) groups is 2. The summed E-state index contributed by atoms with van der Waals surface area (Å²) in [4.78, 5) is 23.4. The Morgan fingerprint density at radius 1 is 1.25 bits per heavy atom. The van der Waals surface area contributed by atoms with Crippen LogP contribution in [0.5, 0.6) is 0 Å². The Balaban J connectivity index is 2.05. The molecule has 0 radical (unpaired) electrons. The predicted octanol–water partition coefficient (Wildman–Crippen LogP) is 0.554. The van der Waals surface area contributed by atoms with Gasteiger partial charge in [-0.1, -0.05) is 18.2 Å². The van der Waals surface area contributed by atoms with Gasteiger partial charge in [0.05, 0.1) is 17.4 Å². The van der Waals surface area contributed by atoms with Crippen molar-refractivity contribution >= 4 is 11.7 Å². The Morgan fingerprint density at radius 2 is 2.00 bits per heavy atom. The van der Waals surface area contributed by atoms with Crippen molar-refractivity contribution in [1.82, 2.24) is 15.1 Å². The van der Waals surface area contributed by atoms with E-state index < -0.39 is 11.7 Å². The molecular weight excluding hydrogens is 258 g/mol. The van der Waals surface area contributed by atoms with Gasteiger partial charge in [0.1, 0.15) is 0 Å². The van der Waals surface area contributed by atoms with Crippen LogP contribution in [-0.4, -0.2) is 39.7 Å². The lowest BCUT2D eigenvalue weighted by atomic mass is 10.2. The van der Waals surface area contributed by atoms with Gasteiger partial charge in [-0.2, -0.15) is 5.10 Å². The zero-order chi connectivity index (χ0) is 14.4. The third kappa shape index (κ3) is 3.30. The second kappa shape index (κ2) is 6.63. The van der Waals surface area contributed by atoms with Crippen LogP contribution in [0.3, 0.4) is 0 Å².